The molecular formula is C12H21NO2. The third kappa shape index (κ3) is 4.47. The van der Waals surface area contributed by atoms with Crippen LogP contribution in [0.2, 0.25) is 0 Å². The highest BCUT2D eigenvalue weighted by atomic mass is 16.3. The largest absolute Gasteiger partial charge is 0.389 e. The number of nitrogens with zero attached hydrogens (tertiary/aromatic N) is 1. The topological polar surface area (TPSA) is 40.5 Å². The van der Waals surface area contributed by atoms with E-state index in [-0.39, 0.29) is 5.91 Å². The van der Waals surface area contributed by atoms with Crippen LogP contribution in [0.25, 0.3) is 0 Å². The second kappa shape index (κ2) is 4.79. The van der Waals surface area contributed by atoms with Gasteiger partial charge in [-0.2, -0.15) is 0 Å². The number of likely N-dealkylation sites (N-methyl/N-ethyl adjacent to an activating group) is 1. The van der Waals surface area contributed by atoms with Crippen LogP contribution in [-0.4, -0.2) is 35.1 Å². The zero-order valence-electron chi connectivity index (χ0n) is 9.86. The van der Waals surface area contributed by atoms with E-state index >= 15 is 0 Å². The molecular weight excluding hydrogens is 190 g/mol. The SMILES string of the molecule is CN(CC(C)(C)O)C(=O)CC1C=CCC1. The molecule has 0 spiro atoms. The summed E-state index contributed by atoms with van der Waals surface area (Å²) < 4.78 is 0. The van der Waals surface area contributed by atoms with Gasteiger partial charge in [0, 0.05) is 20.0 Å². The van der Waals surface area contributed by atoms with Gasteiger partial charge in [0.2, 0.25) is 5.91 Å². The van der Waals surface area contributed by atoms with E-state index in [4.69, 9.17) is 0 Å². The summed E-state index contributed by atoms with van der Waals surface area (Å²) in [6, 6.07) is 0. The molecule has 0 saturated heterocycles. The minimum absolute atomic E-state index is 0.119. The highest BCUT2D eigenvalue weighted by Crippen LogP contribution is 2.21. The van der Waals surface area contributed by atoms with Crippen LogP contribution < -0.4 is 0 Å². The van der Waals surface area contributed by atoms with Crippen molar-refractivity contribution in [3.8, 4) is 0 Å². The predicted molar refractivity (Wildman–Crippen MR) is 60.4 cm³/mol. The van der Waals surface area contributed by atoms with Crippen molar-refractivity contribution in [1.29, 1.82) is 0 Å². The van der Waals surface area contributed by atoms with Gasteiger partial charge in [-0.1, -0.05) is 12.2 Å². The number of allylic oxidation sites excluding steroid dienone is 2. The van der Waals surface area contributed by atoms with Gasteiger partial charge in [0.25, 0.3) is 0 Å². The van der Waals surface area contributed by atoms with Gasteiger partial charge in [0.05, 0.1) is 5.60 Å². The number of amides is 1. The monoisotopic (exact) mass is 211 g/mol. The van der Waals surface area contributed by atoms with E-state index < -0.39 is 5.60 Å². The molecule has 86 valence electrons. The van der Waals surface area contributed by atoms with Gasteiger partial charge in [0.1, 0.15) is 0 Å². The lowest BCUT2D eigenvalue weighted by Gasteiger charge is -2.26. The fraction of sp³-hybridized carbons (Fsp3) is 0.750. The quantitative estimate of drug-likeness (QED) is 0.717. The Labute approximate surface area is 91.8 Å². The summed E-state index contributed by atoms with van der Waals surface area (Å²) in [6.45, 7) is 3.82. The number of aliphatic hydroxyl groups is 1. The second-order valence-corrected chi connectivity index (χ2v) is 5.03. The van der Waals surface area contributed by atoms with Crippen molar-refractivity contribution in [2.75, 3.05) is 13.6 Å². The van der Waals surface area contributed by atoms with E-state index in [1.807, 2.05) is 0 Å². The molecule has 3 heteroatoms. The third-order valence-corrected chi connectivity index (χ3v) is 2.60. The fourth-order valence-corrected chi connectivity index (χ4v) is 1.91. The molecule has 0 bridgehead atoms. The highest BCUT2D eigenvalue weighted by Gasteiger charge is 2.21. The van der Waals surface area contributed by atoms with Crippen molar-refractivity contribution in [3.05, 3.63) is 12.2 Å². The van der Waals surface area contributed by atoms with Gasteiger partial charge in [-0.25, -0.2) is 0 Å². The van der Waals surface area contributed by atoms with Crippen molar-refractivity contribution in [3.63, 3.8) is 0 Å². The smallest absolute Gasteiger partial charge is 0.222 e. The molecule has 0 radical (unpaired) electrons. The first-order valence-electron chi connectivity index (χ1n) is 5.51. The molecule has 1 rings (SSSR count). The summed E-state index contributed by atoms with van der Waals surface area (Å²) >= 11 is 0. The maximum Gasteiger partial charge on any atom is 0.222 e. The summed E-state index contributed by atoms with van der Waals surface area (Å²) in [5.74, 6) is 0.524. The first kappa shape index (κ1) is 12.2. The van der Waals surface area contributed by atoms with Crippen molar-refractivity contribution >= 4 is 5.91 Å². The van der Waals surface area contributed by atoms with Crippen molar-refractivity contribution in [1.82, 2.24) is 4.90 Å². The summed E-state index contributed by atoms with van der Waals surface area (Å²) in [6.07, 6.45) is 7.00. The summed E-state index contributed by atoms with van der Waals surface area (Å²) in [5, 5.41) is 9.59. The Bertz CT molecular complexity index is 253. The van der Waals surface area contributed by atoms with E-state index in [1.54, 1.807) is 25.8 Å². The molecule has 0 saturated carbocycles. The van der Waals surface area contributed by atoms with E-state index in [0.29, 0.717) is 18.9 Å². The molecule has 3 nitrogen and oxygen atoms in total. The Morgan fingerprint density at radius 2 is 2.27 bits per heavy atom. The normalized spacial score (nSPS) is 20.7. The number of rotatable bonds is 4. The number of carbonyl (C=O) groups excluding carboxylic acids is 1. The standard InChI is InChI=1S/C12H21NO2/c1-12(2,15)9-13(3)11(14)8-10-6-4-5-7-10/h4,6,10,15H,5,7-9H2,1-3H3. The molecule has 0 aromatic rings. The summed E-state index contributed by atoms with van der Waals surface area (Å²) in [4.78, 5) is 13.4. The van der Waals surface area contributed by atoms with Crippen molar-refractivity contribution < 1.29 is 9.90 Å². The predicted octanol–water partition coefficient (Wildman–Crippen LogP) is 1.57. The third-order valence-electron chi connectivity index (χ3n) is 2.60. The number of hydrogen-bond acceptors (Lipinski definition) is 2. The summed E-state index contributed by atoms with van der Waals surface area (Å²) in [7, 11) is 1.75. The Morgan fingerprint density at radius 3 is 2.73 bits per heavy atom. The number of hydrogen-bond donors (Lipinski definition) is 1. The first-order chi connectivity index (χ1) is 6.88. The molecule has 0 heterocycles. The van der Waals surface area contributed by atoms with Crippen LogP contribution in [0.3, 0.4) is 0 Å². The second-order valence-electron chi connectivity index (χ2n) is 5.03. The molecule has 0 fully saturated rings. The Hall–Kier alpha value is -0.830. The Kier molecular flexibility index (Phi) is 3.91. The van der Waals surface area contributed by atoms with Gasteiger partial charge >= 0.3 is 0 Å². The molecule has 1 atom stereocenters. The number of carbonyl (C=O) groups is 1. The molecule has 1 aliphatic carbocycles. The van der Waals surface area contributed by atoms with E-state index in [0.717, 1.165) is 12.8 Å². The average Bonchev–Trinajstić information content (AvgIpc) is 2.53. The zero-order chi connectivity index (χ0) is 11.5. The lowest BCUT2D eigenvalue weighted by molar-refractivity contribution is -0.133. The highest BCUT2D eigenvalue weighted by molar-refractivity contribution is 5.76. The first-order valence-corrected chi connectivity index (χ1v) is 5.51. The fourth-order valence-electron chi connectivity index (χ4n) is 1.91. The molecule has 1 unspecified atom stereocenters. The van der Waals surface area contributed by atoms with Gasteiger partial charge in [-0.15, -0.1) is 0 Å². The molecule has 15 heavy (non-hydrogen) atoms. The minimum atomic E-state index is -0.810. The van der Waals surface area contributed by atoms with Gasteiger partial charge < -0.3 is 10.0 Å². The van der Waals surface area contributed by atoms with Crippen molar-refractivity contribution in [2.24, 2.45) is 5.92 Å². The Morgan fingerprint density at radius 1 is 1.60 bits per heavy atom. The van der Waals surface area contributed by atoms with Crippen molar-refractivity contribution in [2.45, 2.75) is 38.7 Å². The van der Waals surface area contributed by atoms with E-state index in [9.17, 15) is 9.90 Å². The molecule has 1 amide bonds. The lowest BCUT2D eigenvalue weighted by atomic mass is 10.0. The minimum Gasteiger partial charge on any atom is -0.389 e. The van der Waals surface area contributed by atoms with E-state index in [2.05, 4.69) is 12.2 Å². The van der Waals surface area contributed by atoms with Crippen LogP contribution in [0.5, 0.6) is 0 Å². The maximum absolute atomic E-state index is 11.8. The van der Waals surface area contributed by atoms with Crippen LogP contribution in [0.1, 0.15) is 33.1 Å². The van der Waals surface area contributed by atoms with Crippen LogP contribution in [-0.2, 0) is 4.79 Å². The Balaban J connectivity index is 2.36. The van der Waals surface area contributed by atoms with E-state index in [1.165, 1.54) is 0 Å². The zero-order valence-corrected chi connectivity index (χ0v) is 9.86. The van der Waals surface area contributed by atoms with Gasteiger partial charge in [0.15, 0.2) is 0 Å². The lowest BCUT2D eigenvalue weighted by Crippen LogP contribution is -2.40. The average molecular weight is 211 g/mol. The molecule has 0 aliphatic heterocycles. The molecule has 0 aromatic heterocycles. The molecule has 0 aromatic carbocycles. The van der Waals surface area contributed by atoms with Gasteiger partial charge in [-0.3, -0.25) is 4.79 Å². The molecule has 1 N–H and O–H groups in total. The van der Waals surface area contributed by atoms with Crippen LogP contribution in [0, 0.1) is 5.92 Å². The summed E-state index contributed by atoms with van der Waals surface area (Å²) in [5.41, 5.74) is -0.810. The maximum atomic E-state index is 11.8. The van der Waals surface area contributed by atoms with Crippen LogP contribution in [0.4, 0.5) is 0 Å². The van der Waals surface area contributed by atoms with Crippen LogP contribution in [0.15, 0.2) is 12.2 Å². The molecule has 1 aliphatic rings. The van der Waals surface area contributed by atoms with Gasteiger partial charge in [-0.05, 0) is 32.6 Å². The van der Waals surface area contributed by atoms with Crippen LogP contribution >= 0.6 is 0 Å².